The Morgan fingerprint density at radius 3 is 2.44 bits per heavy atom. The van der Waals surface area contributed by atoms with Crippen LogP contribution in [0.3, 0.4) is 0 Å². The molecule has 3 fully saturated rings. The van der Waals surface area contributed by atoms with E-state index in [9.17, 15) is 0 Å². The normalized spacial score (nSPS) is 27.6. The molecule has 1 atom stereocenters. The van der Waals surface area contributed by atoms with Crippen LogP contribution in [0.5, 0.6) is 0 Å². The Balaban J connectivity index is 1.30. The third-order valence-electron chi connectivity index (χ3n) is 6.18. The summed E-state index contributed by atoms with van der Waals surface area (Å²) in [4.78, 5) is 7.08. The number of aliphatic imine (C=N–C) groups is 1. The first-order chi connectivity index (χ1) is 12.3. The Hall–Kier alpha value is -0.810. The van der Waals surface area contributed by atoms with Gasteiger partial charge in [-0.05, 0) is 32.1 Å². The zero-order valence-electron chi connectivity index (χ0n) is 16.1. The fourth-order valence-electron chi connectivity index (χ4n) is 4.70. The van der Waals surface area contributed by atoms with Gasteiger partial charge in [-0.15, -0.1) is 0 Å². The van der Waals surface area contributed by atoms with E-state index in [1.165, 1.54) is 83.7 Å². The Morgan fingerprint density at radius 2 is 1.72 bits per heavy atom. The standard InChI is InChI=1S/C20H38N4O/c1-21-20(22-13-15-25-19-10-4-2-3-5-11-19)23-17-12-14-24(16-17)18-8-6-7-9-18/h17-19H,2-16H2,1H3,(H2,21,22,23). The van der Waals surface area contributed by atoms with E-state index in [2.05, 4.69) is 20.5 Å². The third-order valence-corrected chi connectivity index (χ3v) is 6.18. The number of likely N-dealkylation sites (tertiary alicyclic amines) is 1. The molecule has 2 aliphatic carbocycles. The maximum Gasteiger partial charge on any atom is 0.191 e. The predicted molar refractivity (Wildman–Crippen MR) is 104 cm³/mol. The third kappa shape index (κ3) is 6.14. The molecule has 3 rings (SSSR count). The molecule has 1 aliphatic heterocycles. The summed E-state index contributed by atoms with van der Waals surface area (Å²) in [5, 5.41) is 7.04. The summed E-state index contributed by atoms with van der Waals surface area (Å²) in [6.07, 6.45) is 15.3. The highest BCUT2D eigenvalue weighted by atomic mass is 16.5. The van der Waals surface area contributed by atoms with Gasteiger partial charge in [0.1, 0.15) is 0 Å². The van der Waals surface area contributed by atoms with Crippen molar-refractivity contribution < 1.29 is 4.74 Å². The predicted octanol–water partition coefficient (Wildman–Crippen LogP) is 2.91. The fourth-order valence-corrected chi connectivity index (χ4v) is 4.70. The number of ether oxygens (including phenoxy) is 1. The molecule has 1 saturated heterocycles. The monoisotopic (exact) mass is 350 g/mol. The lowest BCUT2D eigenvalue weighted by molar-refractivity contribution is 0.0468. The molecular formula is C20H38N4O. The molecule has 2 saturated carbocycles. The Kier molecular flexibility index (Phi) is 7.86. The zero-order valence-corrected chi connectivity index (χ0v) is 16.1. The summed E-state index contributed by atoms with van der Waals surface area (Å²) >= 11 is 0. The molecule has 0 bridgehead atoms. The lowest BCUT2D eigenvalue weighted by Crippen LogP contribution is -2.46. The van der Waals surface area contributed by atoms with Crippen LogP contribution in [0.2, 0.25) is 0 Å². The summed E-state index contributed by atoms with van der Waals surface area (Å²) in [6, 6.07) is 1.38. The average molecular weight is 351 g/mol. The van der Waals surface area contributed by atoms with Crippen molar-refractivity contribution >= 4 is 5.96 Å². The molecule has 0 radical (unpaired) electrons. The van der Waals surface area contributed by atoms with Gasteiger partial charge in [-0.3, -0.25) is 9.89 Å². The van der Waals surface area contributed by atoms with Gasteiger partial charge < -0.3 is 15.4 Å². The Bertz CT molecular complexity index is 401. The zero-order chi connectivity index (χ0) is 17.3. The van der Waals surface area contributed by atoms with Crippen molar-refractivity contribution in [3.63, 3.8) is 0 Å². The fraction of sp³-hybridized carbons (Fsp3) is 0.950. The molecule has 2 N–H and O–H groups in total. The van der Waals surface area contributed by atoms with Crippen LogP contribution in [-0.2, 0) is 4.74 Å². The first-order valence-corrected chi connectivity index (χ1v) is 10.7. The summed E-state index contributed by atoms with van der Waals surface area (Å²) in [6.45, 7) is 4.04. The number of nitrogens with zero attached hydrogens (tertiary/aromatic N) is 2. The molecule has 1 heterocycles. The van der Waals surface area contributed by atoms with Crippen LogP contribution in [-0.4, -0.2) is 62.3 Å². The summed E-state index contributed by atoms with van der Waals surface area (Å²) in [7, 11) is 1.87. The SMILES string of the molecule is CN=C(NCCOC1CCCCCC1)NC1CCN(C2CCCC2)C1. The average Bonchev–Trinajstić information content (AvgIpc) is 3.25. The lowest BCUT2D eigenvalue weighted by Gasteiger charge is -2.24. The topological polar surface area (TPSA) is 48.9 Å². The molecule has 0 aromatic heterocycles. The van der Waals surface area contributed by atoms with Gasteiger partial charge in [-0.25, -0.2) is 0 Å². The molecule has 0 amide bonds. The van der Waals surface area contributed by atoms with E-state index in [-0.39, 0.29) is 0 Å². The number of nitrogens with one attached hydrogen (secondary N) is 2. The second kappa shape index (κ2) is 10.4. The van der Waals surface area contributed by atoms with E-state index in [0.29, 0.717) is 12.1 Å². The van der Waals surface area contributed by atoms with E-state index in [4.69, 9.17) is 4.74 Å². The van der Waals surface area contributed by atoms with Crippen LogP contribution >= 0.6 is 0 Å². The molecule has 0 spiro atoms. The van der Waals surface area contributed by atoms with Crippen LogP contribution in [0.4, 0.5) is 0 Å². The van der Waals surface area contributed by atoms with Crippen molar-refractivity contribution in [1.82, 2.24) is 15.5 Å². The first-order valence-electron chi connectivity index (χ1n) is 10.7. The van der Waals surface area contributed by atoms with Crippen LogP contribution in [0, 0.1) is 0 Å². The largest absolute Gasteiger partial charge is 0.376 e. The molecule has 0 aromatic rings. The molecule has 3 aliphatic rings. The van der Waals surface area contributed by atoms with Gasteiger partial charge in [0.15, 0.2) is 5.96 Å². The van der Waals surface area contributed by atoms with E-state index in [0.717, 1.165) is 25.2 Å². The minimum absolute atomic E-state index is 0.481. The quantitative estimate of drug-likeness (QED) is 0.335. The first kappa shape index (κ1) is 19.0. The number of hydrogen-bond acceptors (Lipinski definition) is 3. The number of rotatable bonds is 6. The molecule has 0 aromatic carbocycles. The van der Waals surface area contributed by atoms with E-state index >= 15 is 0 Å². The maximum atomic E-state index is 6.06. The highest BCUT2D eigenvalue weighted by molar-refractivity contribution is 5.80. The van der Waals surface area contributed by atoms with Crippen LogP contribution < -0.4 is 10.6 Å². The maximum absolute atomic E-state index is 6.06. The number of hydrogen-bond donors (Lipinski definition) is 2. The van der Waals surface area contributed by atoms with Gasteiger partial charge >= 0.3 is 0 Å². The van der Waals surface area contributed by atoms with E-state index in [1.807, 2.05) is 7.05 Å². The highest BCUT2D eigenvalue weighted by Gasteiger charge is 2.30. The molecule has 5 heteroatoms. The Morgan fingerprint density at radius 1 is 1.00 bits per heavy atom. The molecule has 25 heavy (non-hydrogen) atoms. The van der Waals surface area contributed by atoms with Crippen molar-refractivity contribution in [2.75, 3.05) is 33.3 Å². The highest BCUT2D eigenvalue weighted by Crippen LogP contribution is 2.26. The van der Waals surface area contributed by atoms with Crippen LogP contribution in [0.1, 0.15) is 70.6 Å². The molecule has 1 unspecified atom stereocenters. The molecule has 144 valence electrons. The molecular weight excluding hydrogens is 312 g/mol. The van der Waals surface area contributed by atoms with Crippen molar-refractivity contribution in [3.05, 3.63) is 0 Å². The van der Waals surface area contributed by atoms with Gasteiger partial charge in [0.25, 0.3) is 0 Å². The van der Waals surface area contributed by atoms with E-state index in [1.54, 1.807) is 0 Å². The second-order valence-corrected chi connectivity index (χ2v) is 8.05. The Labute approximate surface area is 154 Å². The minimum Gasteiger partial charge on any atom is -0.376 e. The minimum atomic E-state index is 0.481. The lowest BCUT2D eigenvalue weighted by atomic mass is 10.1. The van der Waals surface area contributed by atoms with Gasteiger partial charge in [-0.2, -0.15) is 0 Å². The summed E-state index contributed by atoms with van der Waals surface area (Å²) < 4.78 is 6.06. The van der Waals surface area contributed by atoms with Crippen LogP contribution in [0.25, 0.3) is 0 Å². The molecule has 5 nitrogen and oxygen atoms in total. The van der Waals surface area contributed by atoms with Gasteiger partial charge in [0, 0.05) is 38.8 Å². The van der Waals surface area contributed by atoms with E-state index < -0.39 is 0 Å². The smallest absolute Gasteiger partial charge is 0.191 e. The van der Waals surface area contributed by atoms with Crippen molar-refractivity contribution in [1.29, 1.82) is 0 Å². The van der Waals surface area contributed by atoms with Crippen LogP contribution in [0.15, 0.2) is 4.99 Å². The van der Waals surface area contributed by atoms with Crippen molar-refractivity contribution in [2.24, 2.45) is 4.99 Å². The van der Waals surface area contributed by atoms with Crippen molar-refractivity contribution in [3.8, 4) is 0 Å². The summed E-state index contributed by atoms with van der Waals surface area (Å²) in [5.41, 5.74) is 0. The summed E-state index contributed by atoms with van der Waals surface area (Å²) in [5.74, 6) is 0.933. The number of guanidine groups is 1. The van der Waals surface area contributed by atoms with Gasteiger partial charge in [-0.1, -0.05) is 38.5 Å². The van der Waals surface area contributed by atoms with Crippen molar-refractivity contribution in [2.45, 2.75) is 88.8 Å². The van der Waals surface area contributed by atoms with Gasteiger partial charge in [0.2, 0.25) is 0 Å². The second-order valence-electron chi connectivity index (χ2n) is 8.05. The van der Waals surface area contributed by atoms with Gasteiger partial charge in [0.05, 0.1) is 12.7 Å².